The van der Waals surface area contributed by atoms with Gasteiger partial charge in [-0.2, -0.15) is 0 Å². The number of rotatable bonds is 7. The molecule has 1 aliphatic heterocycles. The first-order valence-electron chi connectivity index (χ1n) is 9.92. The zero-order valence-corrected chi connectivity index (χ0v) is 17.9. The second-order valence-corrected chi connectivity index (χ2v) is 6.66. The molecule has 0 spiro atoms. The summed E-state index contributed by atoms with van der Waals surface area (Å²) in [5.41, 5.74) is 14.1. The molecule has 8 heteroatoms. The summed E-state index contributed by atoms with van der Waals surface area (Å²) in [5.74, 6) is 2.71. The zero-order chi connectivity index (χ0) is 23.1. The normalized spacial score (nSPS) is 14.8. The molecule has 0 saturated carbocycles. The Balaban J connectivity index is 0.000000703. The third-order valence-electron chi connectivity index (χ3n) is 4.28. The molecule has 0 radical (unpaired) electrons. The molecular weight excluding hydrogens is 395 g/mol. The summed E-state index contributed by atoms with van der Waals surface area (Å²) in [6.45, 7) is 5.45. The van der Waals surface area contributed by atoms with Crippen LogP contribution in [0.5, 0.6) is 0 Å². The van der Waals surface area contributed by atoms with E-state index in [0.29, 0.717) is 67.3 Å². The predicted octanol–water partition coefficient (Wildman–Crippen LogP) is 3.11. The van der Waals surface area contributed by atoms with Gasteiger partial charge in [-0.1, -0.05) is 12.2 Å². The highest BCUT2D eigenvalue weighted by Crippen LogP contribution is 2.17. The van der Waals surface area contributed by atoms with Crippen LogP contribution in [0, 0.1) is 23.2 Å². The highest BCUT2D eigenvalue weighted by Gasteiger charge is 2.13. The molecule has 0 unspecified atom stereocenters. The smallest absolute Gasteiger partial charge is 0.153 e. The highest BCUT2D eigenvalue weighted by molar-refractivity contribution is 6.09. The molecule has 166 valence electrons. The number of allylic oxidation sites excluding steroid dienone is 3. The maximum atomic E-state index is 10.9. The third kappa shape index (κ3) is 9.85. The summed E-state index contributed by atoms with van der Waals surface area (Å²) >= 11 is 0. The quantitative estimate of drug-likeness (QED) is 0.176. The average Bonchev–Trinajstić information content (AvgIpc) is 2.77. The van der Waals surface area contributed by atoms with Crippen molar-refractivity contribution >= 4 is 23.1 Å². The van der Waals surface area contributed by atoms with Crippen LogP contribution in [0.15, 0.2) is 47.7 Å². The molecule has 0 amide bonds. The van der Waals surface area contributed by atoms with Gasteiger partial charge >= 0.3 is 0 Å². The number of morpholine rings is 1. The molecule has 0 aromatic heterocycles. The van der Waals surface area contributed by atoms with Crippen molar-refractivity contribution in [1.29, 1.82) is 10.8 Å². The zero-order valence-electron chi connectivity index (χ0n) is 17.9. The van der Waals surface area contributed by atoms with Crippen LogP contribution in [0.3, 0.4) is 0 Å². The number of nitrogens with one attached hydrogen (secondary N) is 2. The molecule has 7 nitrogen and oxygen atoms in total. The SMILES string of the molecule is C#CC/C=C/F.C/C=C\CC(=N)c1cc(C(=N)N=C(N)CN2CCOCC2)ccc1N. The maximum Gasteiger partial charge on any atom is 0.153 e. The largest absolute Gasteiger partial charge is 0.398 e. The Morgan fingerprint density at radius 1 is 1.32 bits per heavy atom. The number of aliphatic imine (C=N–C) groups is 1. The van der Waals surface area contributed by atoms with Crippen molar-refractivity contribution in [1.82, 2.24) is 4.90 Å². The van der Waals surface area contributed by atoms with E-state index in [0.717, 1.165) is 13.1 Å². The number of nitrogens with zero attached hydrogens (tertiary/aromatic N) is 2. The first-order chi connectivity index (χ1) is 14.9. The van der Waals surface area contributed by atoms with Crippen molar-refractivity contribution in [2.75, 3.05) is 38.6 Å². The number of hydrogen-bond acceptors (Lipinski definition) is 5. The molecule has 1 aromatic rings. The molecule has 6 N–H and O–H groups in total. The van der Waals surface area contributed by atoms with Crippen molar-refractivity contribution in [3.8, 4) is 12.3 Å². The minimum atomic E-state index is 0.0749. The molecule has 1 saturated heterocycles. The summed E-state index contributed by atoms with van der Waals surface area (Å²) in [6.07, 6.45) is 11.2. The van der Waals surface area contributed by atoms with E-state index < -0.39 is 0 Å². The van der Waals surface area contributed by atoms with Crippen molar-refractivity contribution < 1.29 is 9.13 Å². The first-order valence-corrected chi connectivity index (χ1v) is 9.92. The molecule has 2 rings (SSSR count). The van der Waals surface area contributed by atoms with Gasteiger partial charge in [0.1, 0.15) is 5.84 Å². The Morgan fingerprint density at radius 2 is 2.03 bits per heavy atom. The molecule has 1 aromatic carbocycles. The van der Waals surface area contributed by atoms with E-state index >= 15 is 0 Å². The lowest BCUT2D eigenvalue weighted by Crippen LogP contribution is -2.41. The van der Waals surface area contributed by atoms with E-state index in [1.165, 1.54) is 6.08 Å². The maximum absolute atomic E-state index is 10.9. The molecule has 1 fully saturated rings. The third-order valence-corrected chi connectivity index (χ3v) is 4.28. The number of anilines is 1. The Morgan fingerprint density at radius 3 is 2.61 bits per heavy atom. The Kier molecular flexibility index (Phi) is 12.2. The van der Waals surface area contributed by atoms with Gasteiger partial charge in [0.2, 0.25) is 0 Å². The van der Waals surface area contributed by atoms with Crippen LogP contribution in [0.2, 0.25) is 0 Å². The molecule has 1 heterocycles. The second-order valence-electron chi connectivity index (χ2n) is 6.66. The number of halogens is 1. The summed E-state index contributed by atoms with van der Waals surface area (Å²) in [6, 6.07) is 5.17. The fourth-order valence-corrected chi connectivity index (χ4v) is 2.66. The monoisotopic (exact) mass is 426 g/mol. The average molecular weight is 427 g/mol. The van der Waals surface area contributed by atoms with Gasteiger partial charge in [0, 0.05) is 48.5 Å². The minimum absolute atomic E-state index is 0.0749. The van der Waals surface area contributed by atoms with Gasteiger partial charge < -0.3 is 21.6 Å². The van der Waals surface area contributed by atoms with Gasteiger partial charge in [-0.3, -0.25) is 10.3 Å². The van der Waals surface area contributed by atoms with Gasteiger partial charge in [0.15, 0.2) is 5.84 Å². The van der Waals surface area contributed by atoms with Gasteiger partial charge in [-0.25, -0.2) is 9.38 Å². The lowest BCUT2D eigenvalue weighted by molar-refractivity contribution is 0.0452. The second kappa shape index (κ2) is 14.7. The number of hydrogen-bond donors (Lipinski definition) is 4. The van der Waals surface area contributed by atoms with Crippen LogP contribution in [-0.2, 0) is 4.74 Å². The number of nitrogen functional groups attached to an aromatic ring is 1. The van der Waals surface area contributed by atoms with E-state index in [9.17, 15) is 4.39 Å². The summed E-state index contributed by atoms with van der Waals surface area (Å²) in [7, 11) is 0. The summed E-state index contributed by atoms with van der Waals surface area (Å²) in [4.78, 5) is 6.35. The van der Waals surface area contributed by atoms with Gasteiger partial charge in [-0.15, -0.1) is 12.3 Å². The van der Waals surface area contributed by atoms with Crippen LogP contribution in [0.1, 0.15) is 30.9 Å². The fraction of sp³-hybridized carbons (Fsp3) is 0.348. The topological polar surface area (TPSA) is 125 Å². The fourth-order valence-electron chi connectivity index (χ4n) is 2.66. The van der Waals surface area contributed by atoms with Crippen LogP contribution < -0.4 is 11.5 Å². The van der Waals surface area contributed by atoms with E-state index in [1.54, 1.807) is 18.2 Å². The van der Waals surface area contributed by atoms with Crippen LogP contribution >= 0.6 is 0 Å². The Bertz CT molecular complexity index is 863. The Labute approximate surface area is 183 Å². The van der Waals surface area contributed by atoms with E-state index in [1.807, 2.05) is 19.1 Å². The molecular formula is C23H31FN6O. The lowest BCUT2D eigenvalue weighted by Gasteiger charge is -2.26. The van der Waals surface area contributed by atoms with Crippen LogP contribution in [0.25, 0.3) is 0 Å². The number of amidine groups is 2. The number of benzene rings is 1. The van der Waals surface area contributed by atoms with Gasteiger partial charge in [0.05, 0.1) is 26.1 Å². The van der Waals surface area contributed by atoms with Crippen molar-refractivity contribution in [3.05, 3.63) is 53.9 Å². The predicted molar refractivity (Wildman–Crippen MR) is 127 cm³/mol. The molecule has 0 atom stereocenters. The summed E-state index contributed by atoms with van der Waals surface area (Å²) < 4.78 is 16.2. The Hall–Kier alpha value is -3.28. The molecule has 1 aliphatic rings. The van der Waals surface area contributed by atoms with Gasteiger partial charge in [-0.05, 0) is 31.2 Å². The van der Waals surface area contributed by atoms with E-state index in [2.05, 4.69) is 15.8 Å². The van der Waals surface area contributed by atoms with Crippen molar-refractivity contribution in [3.63, 3.8) is 0 Å². The summed E-state index contributed by atoms with van der Waals surface area (Å²) in [5, 5.41) is 16.3. The number of nitrogens with two attached hydrogens (primary N) is 2. The van der Waals surface area contributed by atoms with Crippen LogP contribution in [-0.4, -0.2) is 55.1 Å². The standard InChI is InChI=1S/C18H26N6O.C5H5F/c1-2-3-4-15(19)14-11-13(5-6-16(14)20)18(22)23-17(21)12-24-7-9-25-10-8-24;1-2-3-4-5-6/h2-3,5-6,11,19H,4,7-10,12,20H2,1H3,(H3,21,22,23);1,4-5H,3H2/b3-2-,19-15?;5-4+. The number of terminal acetylenes is 1. The van der Waals surface area contributed by atoms with Crippen molar-refractivity contribution in [2.45, 2.75) is 19.8 Å². The van der Waals surface area contributed by atoms with Gasteiger partial charge in [0.25, 0.3) is 0 Å². The van der Waals surface area contributed by atoms with Crippen LogP contribution in [0.4, 0.5) is 10.1 Å². The van der Waals surface area contributed by atoms with Crippen molar-refractivity contribution in [2.24, 2.45) is 10.7 Å². The van der Waals surface area contributed by atoms with E-state index in [4.69, 9.17) is 33.4 Å². The lowest BCUT2D eigenvalue weighted by atomic mass is 10.0. The molecule has 31 heavy (non-hydrogen) atoms. The number of ether oxygens (including phenoxy) is 1. The molecule has 0 bridgehead atoms. The van der Waals surface area contributed by atoms with E-state index in [-0.39, 0.29) is 5.84 Å². The highest BCUT2D eigenvalue weighted by atomic mass is 19.1. The molecule has 0 aliphatic carbocycles. The minimum Gasteiger partial charge on any atom is -0.398 e. The first kappa shape index (κ1) is 25.8.